The van der Waals surface area contributed by atoms with Crippen molar-refractivity contribution in [3.63, 3.8) is 0 Å². The molecule has 0 aliphatic rings. The maximum atomic E-state index is 11.2. The van der Waals surface area contributed by atoms with Gasteiger partial charge in [-0.2, -0.15) is 0 Å². The minimum atomic E-state index is -0.348. The molecular weight excluding hydrogens is 336 g/mol. The first kappa shape index (κ1) is 16.8. The first-order chi connectivity index (χ1) is 13.2. The van der Waals surface area contributed by atoms with E-state index in [1.165, 1.54) is 0 Å². The Labute approximate surface area is 157 Å². The van der Waals surface area contributed by atoms with Crippen molar-refractivity contribution in [1.82, 2.24) is 4.57 Å². The zero-order valence-corrected chi connectivity index (χ0v) is 14.7. The molecule has 3 aromatic carbocycles. The molecule has 0 aliphatic heterocycles. The lowest BCUT2D eigenvalue weighted by atomic mass is 10.1. The van der Waals surface area contributed by atoms with Crippen LogP contribution in [0, 0.1) is 10.1 Å². The van der Waals surface area contributed by atoms with Gasteiger partial charge >= 0.3 is 0 Å². The van der Waals surface area contributed by atoms with Crippen LogP contribution in [0.3, 0.4) is 0 Å². The zero-order chi connectivity index (χ0) is 18.6. The van der Waals surface area contributed by atoms with Crippen molar-refractivity contribution in [3.8, 4) is 0 Å². The first-order valence-corrected chi connectivity index (χ1v) is 8.75. The summed E-state index contributed by atoms with van der Waals surface area (Å²) in [5.74, 6) is 0. The molecule has 0 unspecified atom stereocenters. The van der Waals surface area contributed by atoms with Gasteiger partial charge in [0.25, 0.3) is 5.69 Å². The summed E-state index contributed by atoms with van der Waals surface area (Å²) < 4.78 is 2.07. The maximum Gasteiger partial charge on any atom is 0.271 e. The molecular formula is C23H18N2O2. The molecule has 4 aromatic rings. The smallest absolute Gasteiger partial charge is 0.271 e. The topological polar surface area (TPSA) is 48.1 Å². The number of non-ortho nitro benzene ring substituents is 1. The van der Waals surface area contributed by atoms with Crippen LogP contribution in [0.1, 0.15) is 16.7 Å². The molecule has 4 rings (SSSR count). The molecule has 4 nitrogen and oxygen atoms in total. The van der Waals surface area contributed by atoms with E-state index >= 15 is 0 Å². The molecule has 0 radical (unpaired) electrons. The van der Waals surface area contributed by atoms with Gasteiger partial charge < -0.3 is 4.57 Å². The van der Waals surface area contributed by atoms with Crippen molar-refractivity contribution in [3.05, 3.63) is 112 Å². The van der Waals surface area contributed by atoms with Gasteiger partial charge in [0, 0.05) is 35.8 Å². The van der Waals surface area contributed by atoms with Crippen LogP contribution in [0.25, 0.3) is 23.1 Å². The number of benzene rings is 3. The standard InChI is InChI=1S/C23H18N2O2/c26-25(27)21-13-14-22-20(12-11-18-7-3-1-4-8-18)17-24(23(22)15-21)16-19-9-5-2-6-10-19/h1-15,17H,16H2/b12-11+. The van der Waals surface area contributed by atoms with Gasteiger partial charge in [-0.25, -0.2) is 0 Å². The maximum absolute atomic E-state index is 11.2. The van der Waals surface area contributed by atoms with Crippen molar-refractivity contribution < 1.29 is 4.92 Å². The molecule has 0 spiro atoms. The van der Waals surface area contributed by atoms with Crippen molar-refractivity contribution in [2.45, 2.75) is 6.54 Å². The van der Waals surface area contributed by atoms with Gasteiger partial charge in [0.2, 0.25) is 0 Å². The van der Waals surface area contributed by atoms with Crippen molar-refractivity contribution in [1.29, 1.82) is 0 Å². The molecule has 0 fully saturated rings. The van der Waals surface area contributed by atoms with E-state index in [4.69, 9.17) is 0 Å². The second-order valence-corrected chi connectivity index (χ2v) is 6.40. The molecule has 132 valence electrons. The van der Waals surface area contributed by atoms with Gasteiger partial charge in [-0.15, -0.1) is 0 Å². The molecule has 1 aromatic heterocycles. The number of nitro groups is 1. The van der Waals surface area contributed by atoms with Crippen LogP contribution in [-0.2, 0) is 6.54 Å². The third-order valence-corrected chi connectivity index (χ3v) is 4.56. The highest BCUT2D eigenvalue weighted by molar-refractivity contribution is 5.93. The average molecular weight is 354 g/mol. The van der Waals surface area contributed by atoms with Gasteiger partial charge in [0.15, 0.2) is 0 Å². The van der Waals surface area contributed by atoms with Gasteiger partial charge in [-0.05, 0) is 17.2 Å². The third-order valence-electron chi connectivity index (χ3n) is 4.56. The van der Waals surface area contributed by atoms with Crippen LogP contribution in [0.5, 0.6) is 0 Å². The van der Waals surface area contributed by atoms with Gasteiger partial charge in [0.05, 0.1) is 10.4 Å². The minimum absolute atomic E-state index is 0.105. The van der Waals surface area contributed by atoms with Crippen molar-refractivity contribution in [2.75, 3.05) is 0 Å². The number of fused-ring (bicyclic) bond motifs is 1. The molecule has 0 N–H and O–H groups in total. The van der Waals surface area contributed by atoms with E-state index in [0.717, 1.165) is 27.6 Å². The monoisotopic (exact) mass is 354 g/mol. The number of rotatable bonds is 5. The lowest BCUT2D eigenvalue weighted by Gasteiger charge is -2.05. The molecule has 0 amide bonds. The van der Waals surface area contributed by atoms with E-state index in [1.54, 1.807) is 12.1 Å². The van der Waals surface area contributed by atoms with Crippen LogP contribution in [0.15, 0.2) is 85.1 Å². The minimum Gasteiger partial charge on any atom is -0.342 e. The Morgan fingerprint density at radius 2 is 1.59 bits per heavy atom. The normalized spacial score (nSPS) is 11.3. The Morgan fingerprint density at radius 3 is 2.30 bits per heavy atom. The molecule has 0 atom stereocenters. The summed E-state index contributed by atoms with van der Waals surface area (Å²) in [4.78, 5) is 10.9. The van der Waals surface area contributed by atoms with Gasteiger partial charge in [-0.3, -0.25) is 10.1 Å². The Balaban J connectivity index is 1.79. The summed E-state index contributed by atoms with van der Waals surface area (Å²) in [6.45, 7) is 0.664. The largest absolute Gasteiger partial charge is 0.342 e. The van der Waals surface area contributed by atoms with E-state index < -0.39 is 0 Å². The van der Waals surface area contributed by atoms with Crippen LogP contribution >= 0.6 is 0 Å². The SMILES string of the molecule is O=[N+]([O-])c1ccc2c(/C=C/c3ccccc3)cn(Cc3ccccc3)c2c1. The summed E-state index contributed by atoms with van der Waals surface area (Å²) in [6.07, 6.45) is 6.18. The van der Waals surface area contributed by atoms with E-state index in [1.807, 2.05) is 54.6 Å². The number of aromatic nitrogens is 1. The highest BCUT2D eigenvalue weighted by Gasteiger charge is 2.12. The Morgan fingerprint density at radius 1 is 0.889 bits per heavy atom. The first-order valence-electron chi connectivity index (χ1n) is 8.75. The number of hydrogen-bond donors (Lipinski definition) is 0. The van der Waals surface area contributed by atoms with Crippen LogP contribution in [0.2, 0.25) is 0 Å². The predicted octanol–water partition coefficient (Wildman–Crippen LogP) is 5.77. The fraction of sp³-hybridized carbons (Fsp3) is 0.0435. The van der Waals surface area contributed by atoms with Crippen molar-refractivity contribution in [2.24, 2.45) is 0 Å². The average Bonchev–Trinajstić information content (AvgIpc) is 3.05. The van der Waals surface area contributed by atoms with E-state index in [0.29, 0.717) is 6.54 Å². The molecule has 0 saturated heterocycles. The zero-order valence-electron chi connectivity index (χ0n) is 14.7. The fourth-order valence-electron chi connectivity index (χ4n) is 3.22. The van der Waals surface area contributed by atoms with E-state index in [2.05, 4.69) is 35.0 Å². The fourth-order valence-corrected chi connectivity index (χ4v) is 3.22. The molecule has 0 aliphatic carbocycles. The molecule has 1 heterocycles. The Hall–Kier alpha value is -3.66. The Kier molecular flexibility index (Phi) is 4.54. The number of hydrogen-bond acceptors (Lipinski definition) is 2. The summed E-state index contributed by atoms with van der Waals surface area (Å²) in [5, 5.41) is 12.2. The van der Waals surface area contributed by atoms with Crippen LogP contribution in [-0.4, -0.2) is 9.49 Å². The highest BCUT2D eigenvalue weighted by atomic mass is 16.6. The second-order valence-electron chi connectivity index (χ2n) is 6.40. The van der Waals surface area contributed by atoms with Crippen molar-refractivity contribution >= 4 is 28.7 Å². The molecule has 4 heteroatoms. The number of nitrogens with zero attached hydrogens (tertiary/aromatic N) is 2. The summed E-state index contributed by atoms with van der Waals surface area (Å²) in [6, 6.07) is 25.2. The Bertz CT molecular complexity index is 1110. The second kappa shape index (κ2) is 7.30. The molecule has 0 bridgehead atoms. The summed E-state index contributed by atoms with van der Waals surface area (Å²) in [7, 11) is 0. The quantitative estimate of drug-likeness (QED) is 0.337. The highest BCUT2D eigenvalue weighted by Crippen LogP contribution is 2.28. The molecule has 27 heavy (non-hydrogen) atoms. The lowest BCUT2D eigenvalue weighted by Crippen LogP contribution is -1.98. The molecule has 0 saturated carbocycles. The van der Waals surface area contributed by atoms with Gasteiger partial charge in [0.1, 0.15) is 0 Å². The van der Waals surface area contributed by atoms with E-state index in [-0.39, 0.29) is 10.6 Å². The third kappa shape index (κ3) is 3.65. The predicted molar refractivity (Wildman–Crippen MR) is 110 cm³/mol. The lowest BCUT2D eigenvalue weighted by molar-refractivity contribution is -0.384. The van der Waals surface area contributed by atoms with Gasteiger partial charge in [-0.1, -0.05) is 72.8 Å². The van der Waals surface area contributed by atoms with Crippen LogP contribution < -0.4 is 0 Å². The number of nitro benzene ring substituents is 1. The summed E-state index contributed by atoms with van der Waals surface area (Å²) >= 11 is 0. The van der Waals surface area contributed by atoms with Crippen LogP contribution in [0.4, 0.5) is 5.69 Å². The van der Waals surface area contributed by atoms with E-state index in [9.17, 15) is 10.1 Å². The summed E-state index contributed by atoms with van der Waals surface area (Å²) in [5.41, 5.74) is 4.27.